The van der Waals surface area contributed by atoms with Gasteiger partial charge in [0, 0.05) is 37.7 Å². The molecule has 0 radical (unpaired) electrons. The first-order valence-electron chi connectivity index (χ1n) is 8.21. The fraction of sp³-hybridized carbons (Fsp3) is 0.471. The molecule has 0 aliphatic carbocycles. The molecular formula is C17H25Cl2N5OS. The molecule has 9 heteroatoms. The molecule has 2 N–H and O–H groups in total. The van der Waals surface area contributed by atoms with Gasteiger partial charge in [0.15, 0.2) is 0 Å². The van der Waals surface area contributed by atoms with E-state index >= 15 is 0 Å². The first-order valence-corrected chi connectivity index (χ1v) is 8.98. The Morgan fingerprint density at radius 3 is 2.42 bits per heavy atom. The molecule has 2 aromatic rings. The van der Waals surface area contributed by atoms with Crippen molar-refractivity contribution in [1.82, 2.24) is 14.3 Å². The molecule has 1 amide bonds. The van der Waals surface area contributed by atoms with E-state index in [9.17, 15) is 4.79 Å². The molecule has 1 aliphatic heterocycles. The Morgan fingerprint density at radius 1 is 1.12 bits per heavy atom. The molecule has 1 aromatic heterocycles. The molecule has 1 atom stereocenters. The van der Waals surface area contributed by atoms with E-state index in [1.165, 1.54) is 11.5 Å². The second-order valence-electron chi connectivity index (χ2n) is 6.18. The van der Waals surface area contributed by atoms with Gasteiger partial charge >= 0.3 is 0 Å². The lowest BCUT2D eigenvalue weighted by Crippen LogP contribution is -2.40. The number of benzene rings is 1. The number of carbonyl (C=O) groups is 1. The maximum absolute atomic E-state index is 12.7. The van der Waals surface area contributed by atoms with Crippen LogP contribution in [0.25, 0.3) is 0 Å². The number of anilines is 1. The van der Waals surface area contributed by atoms with Crippen LogP contribution in [0.3, 0.4) is 0 Å². The summed E-state index contributed by atoms with van der Waals surface area (Å²) in [4.78, 5) is 21.3. The van der Waals surface area contributed by atoms with E-state index in [2.05, 4.69) is 14.3 Å². The summed E-state index contributed by atoms with van der Waals surface area (Å²) >= 11 is 1.42. The van der Waals surface area contributed by atoms with Crippen molar-refractivity contribution in [3.8, 4) is 0 Å². The molecule has 1 saturated heterocycles. The number of amides is 1. The van der Waals surface area contributed by atoms with Gasteiger partial charge in [0.25, 0.3) is 0 Å². The average molecular weight is 418 g/mol. The fourth-order valence-electron chi connectivity index (χ4n) is 2.86. The Kier molecular flexibility index (Phi) is 8.76. The summed E-state index contributed by atoms with van der Waals surface area (Å²) in [6.07, 6.45) is 0.908. The van der Waals surface area contributed by atoms with Crippen LogP contribution >= 0.6 is 36.3 Å². The fourth-order valence-corrected chi connectivity index (χ4v) is 3.58. The lowest BCUT2D eigenvalue weighted by atomic mass is 10.0. The minimum absolute atomic E-state index is 0. The van der Waals surface area contributed by atoms with Gasteiger partial charge in [0.2, 0.25) is 11.0 Å². The molecule has 1 unspecified atom stereocenters. The number of rotatable bonds is 3. The second kappa shape index (κ2) is 10.1. The van der Waals surface area contributed by atoms with Crippen molar-refractivity contribution in [2.75, 3.05) is 31.1 Å². The van der Waals surface area contributed by atoms with Crippen molar-refractivity contribution in [3.63, 3.8) is 0 Å². The average Bonchev–Trinajstić information content (AvgIpc) is 2.87. The van der Waals surface area contributed by atoms with E-state index in [1.807, 2.05) is 43.0 Å². The molecule has 1 aliphatic rings. The predicted octanol–water partition coefficient (Wildman–Crippen LogP) is 2.74. The van der Waals surface area contributed by atoms with Crippen LogP contribution in [0, 0.1) is 13.8 Å². The van der Waals surface area contributed by atoms with Crippen LogP contribution in [0.15, 0.2) is 24.3 Å². The van der Waals surface area contributed by atoms with Gasteiger partial charge in [-0.15, -0.1) is 24.8 Å². The summed E-state index contributed by atoms with van der Waals surface area (Å²) in [6, 6.07) is 7.26. The molecule has 0 spiro atoms. The van der Waals surface area contributed by atoms with Crippen molar-refractivity contribution >= 4 is 47.4 Å². The van der Waals surface area contributed by atoms with E-state index in [4.69, 9.17) is 5.73 Å². The first-order chi connectivity index (χ1) is 11.5. The second-order valence-corrected chi connectivity index (χ2v) is 6.91. The summed E-state index contributed by atoms with van der Waals surface area (Å²) in [5.41, 5.74) is 8.22. The zero-order valence-electron chi connectivity index (χ0n) is 14.9. The highest BCUT2D eigenvalue weighted by molar-refractivity contribution is 7.09. The van der Waals surface area contributed by atoms with Gasteiger partial charge in [-0.05, 0) is 25.8 Å². The molecular weight excluding hydrogens is 393 g/mol. The summed E-state index contributed by atoms with van der Waals surface area (Å²) in [6.45, 7) is 6.97. The number of aromatic nitrogens is 2. The first kappa shape index (κ1) is 22.6. The van der Waals surface area contributed by atoms with E-state index in [0.29, 0.717) is 6.54 Å². The van der Waals surface area contributed by atoms with Crippen LogP contribution in [0.1, 0.15) is 29.4 Å². The SMILES string of the molecule is Cc1ccc(C(N)C(=O)N2CCCN(c3nc(C)ns3)CC2)cc1.Cl.Cl. The highest BCUT2D eigenvalue weighted by atomic mass is 35.5. The van der Waals surface area contributed by atoms with E-state index < -0.39 is 6.04 Å². The summed E-state index contributed by atoms with van der Waals surface area (Å²) in [5, 5.41) is 0.935. The molecule has 0 saturated carbocycles. The standard InChI is InChI=1S/C17H23N5OS.2ClH/c1-12-4-6-14(7-5-12)15(18)16(23)21-8-3-9-22(11-10-21)17-19-13(2)20-24-17;;/h4-7,15H,3,8-11,18H2,1-2H3;2*1H. The van der Waals surface area contributed by atoms with Crippen LogP contribution in [0.2, 0.25) is 0 Å². The van der Waals surface area contributed by atoms with Gasteiger partial charge in [-0.1, -0.05) is 29.8 Å². The molecule has 0 bridgehead atoms. The molecule has 1 aromatic carbocycles. The largest absolute Gasteiger partial charge is 0.345 e. The van der Waals surface area contributed by atoms with Crippen molar-refractivity contribution in [2.45, 2.75) is 26.3 Å². The van der Waals surface area contributed by atoms with Crippen LogP contribution in [0.5, 0.6) is 0 Å². The summed E-state index contributed by atoms with van der Waals surface area (Å²) in [5.74, 6) is 0.794. The van der Waals surface area contributed by atoms with Gasteiger partial charge in [0.1, 0.15) is 11.9 Å². The molecule has 3 rings (SSSR count). The number of aryl methyl sites for hydroxylation is 2. The highest BCUT2D eigenvalue weighted by Gasteiger charge is 2.25. The molecule has 1 fully saturated rings. The monoisotopic (exact) mass is 417 g/mol. The number of nitrogens with zero attached hydrogens (tertiary/aromatic N) is 4. The Labute approximate surface area is 170 Å². The van der Waals surface area contributed by atoms with E-state index in [1.54, 1.807) is 0 Å². The van der Waals surface area contributed by atoms with Crippen molar-refractivity contribution < 1.29 is 4.79 Å². The number of hydrogen-bond donors (Lipinski definition) is 1. The lowest BCUT2D eigenvalue weighted by Gasteiger charge is -2.24. The van der Waals surface area contributed by atoms with E-state index in [-0.39, 0.29) is 30.7 Å². The van der Waals surface area contributed by atoms with Gasteiger partial charge in [-0.3, -0.25) is 4.79 Å². The van der Waals surface area contributed by atoms with Crippen molar-refractivity contribution in [2.24, 2.45) is 5.73 Å². The third-order valence-electron chi connectivity index (χ3n) is 4.30. The molecule has 6 nitrogen and oxygen atoms in total. The Hall–Kier alpha value is -1.41. The quantitative estimate of drug-likeness (QED) is 0.830. The topological polar surface area (TPSA) is 75.4 Å². The molecule has 26 heavy (non-hydrogen) atoms. The van der Waals surface area contributed by atoms with Gasteiger partial charge in [-0.25, -0.2) is 4.98 Å². The third kappa shape index (κ3) is 5.30. The number of carbonyl (C=O) groups excluding carboxylic acids is 1. The summed E-state index contributed by atoms with van der Waals surface area (Å²) in [7, 11) is 0. The van der Waals surface area contributed by atoms with E-state index in [0.717, 1.165) is 48.1 Å². The van der Waals surface area contributed by atoms with Crippen LogP contribution in [-0.4, -0.2) is 46.3 Å². The van der Waals surface area contributed by atoms with Gasteiger partial charge in [-0.2, -0.15) is 4.37 Å². The zero-order chi connectivity index (χ0) is 17.1. The normalized spacial score (nSPS) is 15.5. The Bertz CT molecular complexity index is 709. The minimum Gasteiger partial charge on any atom is -0.345 e. The highest BCUT2D eigenvalue weighted by Crippen LogP contribution is 2.20. The van der Waals surface area contributed by atoms with Gasteiger partial charge < -0.3 is 15.5 Å². The number of hydrogen-bond acceptors (Lipinski definition) is 6. The number of nitrogens with two attached hydrogens (primary N) is 1. The lowest BCUT2D eigenvalue weighted by molar-refractivity contribution is -0.132. The Morgan fingerprint density at radius 2 is 1.81 bits per heavy atom. The van der Waals surface area contributed by atoms with Crippen LogP contribution in [0.4, 0.5) is 5.13 Å². The van der Waals surface area contributed by atoms with Crippen molar-refractivity contribution in [1.29, 1.82) is 0 Å². The molecule has 144 valence electrons. The van der Waals surface area contributed by atoms with Crippen LogP contribution in [-0.2, 0) is 4.79 Å². The predicted molar refractivity (Wildman–Crippen MR) is 111 cm³/mol. The maximum Gasteiger partial charge on any atom is 0.244 e. The smallest absolute Gasteiger partial charge is 0.244 e. The summed E-state index contributed by atoms with van der Waals surface area (Å²) < 4.78 is 4.24. The van der Waals surface area contributed by atoms with Gasteiger partial charge in [0.05, 0.1) is 0 Å². The zero-order valence-corrected chi connectivity index (χ0v) is 17.4. The maximum atomic E-state index is 12.7. The van der Waals surface area contributed by atoms with Crippen molar-refractivity contribution in [3.05, 3.63) is 41.2 Å². The van der Waals surface area contributed by atoms with Crippen LogP contribution < -0.4 is 10.6 Å². The third-order valence-corrected chi connectivity index (χ3v) is 5.17. The Balaban J connectivity index is 0.00000169. The number of halogens is 2. The molecule has 2 heterocycles. The minimum atomic E-state index is -0.596.